The molecule has 1 aromatic heterocycles. The topological polar surface area (TPSA) is 37.8 Å². The van der Waals surface area contributed by atoms with Crippen molar-refractivity contribution < 1.29 is 4.39 Å². The summed E-state index contributed by atoms with van der Waals surface area (Å²) >= 11 is 5.77. The minimum atomic E-state index is -0.382. The molecule has 0 aliphatic rings. The molecule has 1 heterocycles. The van der Waals surface area contributed by atoms with Gasteiger partial charge in [0.15, 0.2) is 0 Å². The lowest BCUT2D eigenvalue weighted by molar-refractivity contribution is 0.628. The van der Waals surface area contributed by atoms with E-state index in [1.165, 1.54) is 18.5 Å². The normalized spacial score (nSPS) is 10.2. The minimum Gasteiger partial charge on any atom is -0.373 e. The van der Waals surface area contributed by atoms with Gasteiger partial charge in [-0.2, -0.15) is 0 Å². The zero-order valence-electron chi connectivity index (χ0n) is 8.54. The van der Waals surface area contributed by atoms with E-state index in [1.807, 2.05) is 0 Å². The Morgan fingerprint density at radius 2 is 2.00 bits per heavy atom. The molecule has 0 radical (unpaired) electrons. The number of hydrogen-bond acceptors (Lipinski definition) is 3. The van der Waals surface area contributed by atoms with Gasteiger partial charge in [-0.15, -0.1) is 0 Å². The van der Waals surface area contributed by atoms with E-state index in [0.717, 1.165) is 0 Å². The second-order valence-corrected chi connectivity index (χ2v) is 3.63. The summed E-state index contributed by atoms with van der Waals surface area (Å²) in [4.78, 5) is 8.04. The fourth-order valence-electron chi connectivity index (χ4n) is 1.35. The molecular formula is C11H9ClFN3. The Labute approximate surface area is 97.3 Å². The predicted molar refractivity (Wildman–Crippen MR) is 62.0 cm³/mol. The van der Waals surface area contributed by atoms with Crippen LogP contribution in [0, 0.1) is 5.82 Å². The fraction of sp³-hybridized carbons (Fsp3) is 0.0909. The first-order valence-electron chi connectivity index (χ1n) is 4.65. The van der Waals surface area contributed by atoms with Crippen LogP contribution in [0.3, 0.4) is 0 Å². The number of hydrogen-bond donors (Lipinski definition) is 1. The van der Waals surface area contributed by atoms with Crippen molar-refractivity contribution >= 4 is 17.4 Å². The molecule has 0 saturated heterocycles. The molecule has 0 spiro atoms. The summed E-state index contributed by atoms with van der Waals surface area (Å²) in [6.45, 7) is 0. The Kier molecular flexibility index (Phi) is 3.01. The SMILES string of the molecule is CNc1cc(-c2cc(F)cc(Cl)c2)ncn1. The third-order valence-corrected chi connectivity index (χ3v) is 2.30. The zero-order chi connectivity index (χ0) is 11.5. The van der Waals surface area contributed by atoms with Crippen LogP contribution in [0.5, 0.6) is 0 Å². The monoisotopic (exact) mass is 237 g/mol. The summed E-state index contributed by atoms with van der Waals surface area (Å²) in [5.74, 6) is 0.289. The van der Waals surface area contributed by atoms with E-state index in [1.54, 1.807) is 19.2 Å². The van der Waals surface area contributed by atoms with E-state index in [2.05, 4.69) is 15.3 Å². The van der Waals surface area contributed by atoms with Gasteiger partial charge in [0.05, 0.1) is 5.69 Å². The lowest BCUT2D eigenvalue weighted by Gasteiger charge is -2.04. The van der Waals surface area contributed by atoms with Gasteiger partial charge >= 0.3 is 0 Å². The van der Waals surface area contributed by atoms with E-state index in [4.69, 9.17) is 11.6 Å². The molecule has 0 aliphatic heterocycles. The summed E-state index contributed by atoms with van der Waals surface area (Å²) in [5.41, 5.74) is 1.25. The predicted octanol–water partition coefficient (Wildman–Crippen LogP) is 2.98. The maximum atomic E-state index is 13.2. The number of nitrogens with zero attached hydrogens (tertiary/aromatic N) is 2. The summed E-state index contributed by atoms with van der Waals surface area (Å²) in [7, 11) is 1.75. The first kappa shape index (κ1) is 10.8. The van der Waals surface area contributed by atoms with Crippen LogP contribution >= 0.6 is 11.6 Å². The molecule has 2 rings (SSSR count). The number of benzene rings is 1. The van der Waals surface area contributed by atoms with Gasteiger partial charge < -0.3 is 5.32 Å². The highest BCUT2D eigenvalue weighted by Crippen LogP contribution is 2.23. The van der Waals surface area contributed by atoms with Crippen molar-refractivity contribution in [2.75, 3.05) is 12.4 Å². The van der Waals surface area contributed by atoms with Crippen LogP contribution in [0.1, 0.15) is 0 Å². The summed E-state index contributed by atoms with van der Waals surface area (Å²) in [6.07, 6.45) is 1.42. The Bertz CT molecular complexity index is 496. The summed E-state index contributed by atoms with van der Waals surface area (Å²) in [6, 6.07) is 6.02. The molecule has 3 nitrogen and oxygen atoms in total. The first-order chi connectivity index (χ1) is 7.69. The van der Waals surface area contributed by atoms with Crippen molar-refractivity contribution in [3.05, 3.63) is 41.4 Å². The molecule has 82 valence electrons. The van der Waals surface area contributed by atoms with Crippen molar-refractivity contribution in [3.8, 4) is 11.3 Å². The molecule has 1 N–H and O–H groups in total. The highest BCUT2D eigenvalue weighted by molar-refractivity contribution is 6.30. The quantitative estimate of drug-likeness (QED) is 0.873. The molecule has 0 fully saturated rings. The maximum Gasteiger partial charge on any atom is 0.129 e. The minimum absolute atomic E-state index is 0.347. The lowest BCUT2D eigenvalue weighted by Crippen LogP contribution is -1.94. The second-order valence-electron chi connectivity index (χ2n) is 3.20. The maximum absolute atomic E-state index is 13.2. The van der Waals surface area contributed by atoms with Crippen molar-refractivity contribution in [1.82, 2.24) is 9.97 Å². The highest BCUT2D eigenvalue weighted by atomic mass is 35.5. The Balaban J connectivity index is 2.49. The molecule has 0 amide bonds. The van der Waals surface area contributed by atoms with Gasteiger partial charge in [-0.25, -0.2) is 14.4 Å². The molecule has 0 aliphatic carbocycles. The van der Waals surface area contributed by atoms with Crippen LogP contribution < -0.4 is 5.32 Å². The lowest BCUT2D eigenvalue weighted by atomic mass is 10.1. The Morgan fingerprint density at radius 1 is 1.19 bits per heavy atom. The summed E-state index contributed by atoms with van der Waals surface area (Å²) in [5, 5.41) is 3.24. The van der Waals surface area contributed by atoms with Gasteiger partial charge in [0, 0.05) is 23.7 Å². The van der Waals surface area contributed by atoms with Crippen molar-refractivity contribution in [2.45, 2.75) is 0 Å². The number of aromatic nitrogens is 2. The zero-order valence-corrected chi connectivity index (χ0v) is 9.29. The van der Waals surface area contributed by atoms with Crippen molar-refractivity contribution in [1.29, 1.82) is 0 Å². The second kappa shape index (κ2) is 4.45. The van der Waals surface area contributed by atoms with E-state index in [0.29, 0.717) is 22.1 Å². The fourth-order valence-corrected chi connectivity index (χ4v) is 1.58. The van der Waals surface area contributed by atoms with E-state index >= 15 is 0 Å². The molecule has 0 atom stereocenters. The van der Waals surface area contributed by atoms with Crippen LogP contribution in [0.25, 0.3) is 11.3 Å². The van der Waals surface area contributed by atoms with Gasteiger partial charge in [0.2, 0.25) is 0 Å². The first-order valence-corrected chi connectivity index (χ1v) is 5.03. The smallest absolute Gasteiger partial charge is 0.129 e. The van der Waals surface area contributed by atoms with Gasteiger partial charge in [0.1, 0.15) is 18.0 Å². The molecule has 0 unspecified atom stereocenters. The Hall–Kier alpha value is -1.68. The third-order valence-electron chi connectivity index (χ3n) is 2.08. The van der Waals surface area contributed by atoms with Crippen LogP contribution in [-0.2, 0) is 0 Å². The average molecular weight is 238 g/mol. The Morgan fingerprint density at radius 3 is 2.69 bits per heavy atom. The molecule has 0 saturated carbocycles. The molecular weight excluding hydrogens is 229 g/mol. The standard InChI is InChI=1S/C11H9ClFN3/c1-14-11-5-10(15-6-16-11)7-2-8(12)4-9(13)3-7/h2-6H,1H3,(H,14,15,16). The number of halogens is 2. The molecule has 16 heavy (non-hydrogen) atoms. The van der Waals surface area contributed by atoms with Crippen LogP contribution in [0.2, 0.25) is 5.02 Å². The van der Waals surface area contributed by atoms with E-state index in [-0.39, 0.29) is 5.82 Å². The van der Waals surface area contributed by atoms with Gasteiger partial charge in [0.25, 0.3) is 0 Å². The number of anilines is 1. The highest BCUT2D eigenvalue weighted by Gasteiger charge is 2.04. The van der Waals surface area contributed by atoms with Crippen LogP contribution in [0.15, 0.2) is 30.6 Å². The van der Waals surface area contributed by atoms with Crippen LogP contribution in [-0.4, -0.2) is 17.0 Å². The van der Waals surface area contributed by atoms with Crippen molar-refractivity contribution in [3.63, 3.8) is 0 Å². The number of nitrogens with one attached hydrogen (secondary N) is 1. The largest absolute Gasteiger partial charge is 0.373 e. The summed E-state index contributed by atoms with van der Waals surface area (Å²) < 4.78 is 13.2. The molecule has 1 aromatic carbocycles. The molecule has 0 bridgehead atoms. The average Bonchev–Trinajstić information content (AvgIpc) is 2.28. The van der Waals surface area contributed by atoms with E-state index < -0.39 is 0 Å². The third kappa shape index (κ3) is 2.28. The van der Waals surface area contributed by atoms with Crippen LogP contribution in [0.4, 0.5) is 10.2 Å². The van der Waals surface area contributed by atoms with Crippen molar-refractivity contribution in [2.24, 2.45) is 0 Å². The van der Waals surface area contributed by atoms with Gasteiger partial charge in [-0.05, 0) is 18.2 Å². The van der Waals surface area contributed by atoms with Gasteiger partial charge in [-0.3, -0.25) is 0 Å². The molecule has 5 heteroatoms. The van der Waals surface area contributed by atoms with Gasteiger partial charge in [-0.1, -0.05) is 11.6 Å². The molecule has 2 aromatic rings. The van der Waals surface area contributed by atoms with E-state index in [9.17, 15) is 4.39 Å². The number of rotatable bonds is 2.